The number of aliphatic hydroxyl groups excluding tert-OH is 1. The normalized spacial score (nSPS) is 24.9. The Kier molecular flexibility index (Phi) is 2.89. The number of ether oxygens (including phenoxy) is 1. The maximum Gasteiger partial charge on any atom is 0.129 e. The summed E-state index contributed by atoms with van der Waals surface area (Å²) in [6.07, 6.45) is 2.88. The van der Waals surface area contributed by atoms with Crippen LogP contribution in [-0.2, 0) is 11.2 Å². The van der Waals surface area contributed by atoms with Crippen molar-refractivity contribution in [1.29, 1.82) is 0 Å². The number of benzene rings is 1. The fourth-order valence-corrected chi connectivity index (χ4v) is 3.11. The van der Waals surface area contributed by atoms with Gasteiger partial charge < -0.3 is 9.84 Å². The summed E-state index contributed by atoms with van der Waals surface area (Å²) in [6.45, 7) is 1.58. The SMILES string of the molecule is OC1CCc2c(C3CCOCC3)ccc(F)c21. The molecule has 1 atom stereocenters. The lowest BCUT2D eigenvalue weighted by Crippen LogP contribution is -2.15. The highest BCUT2D eigenvalue weighted by Crippen LogP contribution is 2.40. The molecule has 1 N–H and O–H groups in total. The zero-order valence-corrected chi connectivity index (χ0v) is 9.79. The van der Waals surface area contributed by atoms with Gasteiger partial charge in [0.05, 0.1) is 6.10 Å². The quantitative estimate of drug-likeness (QED) is 0.812. The van der Waals surface area contributed by atoms with Crippen molar-refractivity contribution in [3.63, 3.8) is 0 Å². The number of hydrogen-bond acceptors (Lipinski definition) is 2. The van der Waals surface area contributed by atoms with E-state index in [-0.39, 0.29) is 5.82 Å². The van der Waals surface area contributed by atoms with E-state index in [9.17, 15) is 9.50 Å². The lowest BCUT2D eigenvalue weighted by molar-refractivity contribution is 0.0851. The Hall–Kier alpha value is -0.930. The highest BCUT2D eigenvalue weighted by Gasteiger charge is 2.29. The fraction of sp³-hybridized carbons (Fsp3) is 0.571. The highest BCUT2D eigenvalue weighted by molar-refractivity contribution is 5.43. The molecule has 1 aromatic rings. The molecule has 3 heteroatoms. The number of hydrogen-bond donors (Lipinski definition) is 1. The molecule has 0 aromatic heterocycles. The smallest absolute Gasteiger partial charge is 0.129 e. The van der Waals surface area contributed by atoms with E-state index in [1.165, 1.54) is 11.6 Å². The molecule has 92 valence electrons. The Balaban J connectivity index is 2.00. The summed E-state index contributed by atoms with van der Waals surface area (Å²) in [4.78, 5) is 0. The zero-order chi connectivity index (χ0) is 11.8. The fourth-order valence-electron chi connectivity index (χ4n) is 3.11. The van der Waals surface area contributed by atoms with Gasteiger partial charge in [-0.15, -0.1) is 0 Å². The molecule has 1 heterocycles. The van der Waals surface area contributed by atoms with Gasteiger partial charge in [0.1, 0.15) is 5.82 Å². The topological polar surface area (TPSA) is 29.5 Å². The maximum absolute atomic E-state index is 13.7. The summed E-state index contributed by atoms with van der Waals surface area (Å²) in [5.74, 6) is 0.226. The Morgan fingerprint density at radius 1 is 1.18 bits per heavy atom. The summed E-state index contributed by atoms with van der Waals surface area (Å²) in [5.41, 5.74) is 2.85. The summed E-state index contributed by atoms with van der Waals surface area (Å²) in [5, 5.41) is 9.82. The molecule has 1 unspecified atom stereocenters. The third-order valence-corrected chi connectivity index (χ3v) is 4.00. The molecule has 1 aliphatic heterocycles. The second-order valence-corrected chi connectivity index (χ2v) is 4.97. The van der Waals surface area contributed by atoms with Crippen molar-refractivity contribution in [3.8, 4) is 0 Å². The van der Waals surface area contributed by atoms with Crippen molar-refractivity contribution in [2.45, 2.75) is 37.7 Å². The molecule has 0 radical (unpaired) electrons. The molecular formula is C14H17FO2. The van der Waals surface area contributed by atoms with Crippen molar-refractivity contribution >= 4 is 0 Å². The molecule has 0 saturated carbocycles. The maximum atomic E-state index is 13.7. The lowest BCUT2D eigenvalue weighted by atomic mass is 9.87. The molecule has 1 fully saturated rings. The van der Waals surface area contributed by atoms with Gasteiger partial charge in [0, 0.05) is 18.8 Å². The van der Waals surface area contributed by atoms with Crippen LogP contribution in [0.15, 0.2) is 12.1 Å². The molecule has 2 nitrogen and oxygen atoms in total. The minimum atomic E-state index is -0.607. The molecule has 1 aromatic carbocycles. The largest absolute Gasteiger partial charge is 0.388 e. The van der Waals surface area contributed by atoms with Crippen LogP contribution in [-0.4, -0.2) is 18.3 Å². The van der Waals surface area contributed by atoms with Gasteiger partial charge in [0.15, 0.2) is 0 Å². The van der Waals surface area contributed by atoms with Crippen LogP contribution < -0.4 is 0 Å². The molecular weight excluding hydrogens is 219 g/mol. The van der Waals surface area contributed by atoms with Crippen LogP contribution in [0, 0.1) is 5.82 Å². The van der Waals surface area contributed by atoms with E-state index in [1.807, 2.05) is 6.07 Å². The molecule has 1 saturated heterocycles. The molecule has 2 aliphatic rings. The van der Waals surface area contributed by atoms with Gasteiger partial charge in [-0.3, -0.25) is 0 Å². The van der Waals surface area contributed by atoms with Crippen molar-refractivity contribution in [2.75, 3.05) is 13.2 Å². The third-order valence-electron chi connectivity index (χ3n) is 4.00. The van der Waals surface area contributed by atoms with Crippen LogP contribution in [0.1, 0.15) is 48.0 Å². The lowest BCUT2D eigenvalue weighted by Gasteiger charge is -2.24. The highest BCUT2D eigenvalue weighted by atomic mass is 19.1. The van der Waals surface area contributed by atoms with E-state index >= 15 is 0 Å². The molecule has 0 amide bonds. The van der Waals surface area contributed by atoms with E-state index in [0.717, 1.165) is 38.0 Å². The summed E-state index contributed by atoms with van der Waals surface area (Å²) < 4.78 is 19.1. The second-order valence-electron chi connectivity index (χ2n) is 4.97. The van der Waals surface area contributed by atoms with Gasteiger partial charge in [0.2, 0.25) is 0 Å². The van der Waals surface area contributed by atoms with E-state index in [4.69, 9.17) is 4.74 Å². The van der Waals surface area contributed by atoms with Gasteiger partial charge >= 0.3 is 0 Å². The summed E-state index contributed by atoms with van der Waals surface area (Å²) >= 11 is 0. The van der Waals surface area contributed by atoms with Crippen molar-refractivity contribution in [3.05, 3.63) is 34.6 Å². The van der Waals surface area contributed by atoms with Crippen molar-refractivity contribution < 1.29 is 14.2 Å². The average Bonchev–Trinajstić information content (AvgIpc) is 2.74. The number of aliphatic hydroxyl groups is 1. The van der Waals surface area contributed by atoms with Crippen molar-refractivity contribution in [1.82, 2.24) is 0 Å². The molecule has 0 bridgehead atoms. The van der Waals surface area contributed by atoms with Gasteiger partial charge in [-0.1, -0.05) is 6.07 Å². The standard InChI is InChI=1S/C14H17FO2/c15-12-3-1-10(9-5-7-17-8-6-9)11-2-4-13(16)14(11)12/h1,3,9,13,16H,2,4-8H2. The van der Waals surface area contributed by atoms with Gasteiger partial charge in [-0.2, -0.15) is 0 Å². The van der Waals surface area contributed by atoms with Crippen LogP contribution in [0.3, 0.4) is 0 Å². The Labute approximate surface area is 100 Å². The minimum absolute atomic E-state index is 0.249. The predicted molar refractivity (Wildman–Crippen MR) is 62.5 cm³/mol. The monoisotopic (exact) mass is 236 g/mol. The first-order valence-corrected chi connectivity index (χ1v) is 6.34. The van der Waals surface area contributed by atoms with Gasteiger partial charge in [-0.05, 0) is 48.8 Å². The average molecular weight is 236 g/mol. The first-order valence-electron chi connectivity index (χ1n) is 6.34. The number of halogens is 1. The van der Waals surface area contributed by atoms with Crippen LogP contribution >= 0.6 is 0 Å². The molecule has 17 heavy (non-hydrogen) atoms. The Morgan fingerprint density at radius 2 is 1.94 bits per heavy atom. The molecule has 3 rings (SSSR count). The van der Waals surface area contributed by atoms with E-state index < -0.39 is 6.10 Å². The van der Waals surface area contributed by atoms with E-state index in [0.29, 0.717) is 17.9 Å². The van der Waals surface area contributed by atoms with Crippen LogP contribution in [0.5, 0.6) is 0 Å². The van der Waals surface area contributed by atoms with Crippen LogP contribution in [0.25, 0.3) is 0 Å². The third kappa shape index (κ3) is 1.87. The Bertz CT molecular complexity index is 424. The van der Waals surface area contributed by atoms with Crippen LogP contribution in [0.4, 0.5) is 4.39 Å². The second kappa shape index (κ2) is 4.39. The van der Waals surface area contributed by atoms with E-state index in [1.54, 1.807) is 0 Å². The molecule has 0 spiro atoms. The van der Waals surface area contributed by atoms with Crippen LogP contribution in [0.2, 0.25) is 0 Å². The summed E-state index contributed by atoms with van der Waals surface area (Å²) in [6, 6.07) is 3.42. The number of fused-ring (bicyclic) bond motifs is 1. The van der Waals surface area contributed by atoms with Gasteiger partial charge in [-0.25, -0.2) is 4.39 Å². The first kappa shape index (κ1) is 11.2. The molecule has 1 aliphatic carbocycles. The number of rotatable bonds is 1. The van der Waals surface area contributed by atoms with Gasteiger partial charge in [0.25, 0.3) is 0 Å². The minimum Gasteiger partial charge on any atom is -0.388 e. The van der Waals surface area contributed by atoms with E-state index in [2.05, 4.69) is 0 Å². The first-order chi connectivity index (χ1) is 8.27. The summed E-state index contributed by atoms with van der Waals surface area (Å²) in [7, 11) is 0. The predicted octanol–water partition coefficient (Wildman–Crippen LogP) is 2.70. The zero-order valence-electron chi connectivity index (χ0n) is 9.79. The Morgan fingerprint density at radius 3 is 2.71 bits per heavy atom. The van der Waals surface area contributed by atoms with Crippen molar-refractivity contribution in [2.24, 2.45) is 0 Å².